The average molecular weight is 652 g/mol. The fraction of sp³-hybridized carbons (Fsp3) is 0.318. The van der Waals surface area contributed by atoms with Crippen molar-refractivity contribution < 1.29 is 9.47 Å². The van der Waals surface area contributed by atoms with Crippen molar-refractivity contribution in [1.82, 2.24) is 4.90 Å². The Morgan fingerprint density at radius 2 is 0.816 bits per heavy atom. The normalized spacial score (nSPS) is 15.8. The maximum absolute atomic E-state index is 6.05. The fourth-order valence-corrected chi connectivity index (χ4v) is 7.47. The molecule has 5 aromatic rings. The zero-order valence-corrected chi connectivity index (χ0v) is 28.6. The molecule has 0 saturated carbocycles. The van der Waals surface area contributed by atoms with Gasteiger partial charge in [0.2, 0.25) is 0 Å². The summed E-state index contributed by atoms with van der Waals surface area (Å²) in [6.45, 7) is 6.69. The highest BCUT2D eigenvalue weighted by molar-refractivity contribution is 5.50. The van der Waals surface area contributed by atoms with Crippen molar-refractivity contribution >= 4 is 11.4 Å². The zero-order chi connectivity index (χ0) is 33.1. The van der Waals surface area contributed by atoms with E-state index in [0.717, 1.165) is 50.6 Å². The summed E-state index contributed by atoms with van der Waals surface area (Å²) in [7, 11) is 0. The quantitative estimate of drug-likeness (QED) is 0.127. The zero-order valence-electron chi connectivity index (χ0n) is 28.6. The summed E-state index contributed by atoms with van der Waals surface area (Å²) in [6, 6.07) is 50.4. The van der Waals surface area contributed by atoms with Crippen molar-refractivity contribution in [3.8, 4) is 11.5 Å². The topological polar surface area (TPSA) is 28.2 Å². The van der Waals surface area contributed by atoms with Crippen molar-refractivity contribution in [1.29, 1.82) is 0 Å². The third kappa shape index (κ3) is 9.04. The lowest BCUT2D eigenvalue weighted by atomic mass is 9.95. The minimum atomic E-state index is 0.597. The van der Waals surface area contributed by atoms with E-state index in [9.17, 15) is 0 Å². The predicted octanol–water partition coefficient (Wildman–Crippen LogP) is 9.03. The number of hydrogen-bond acceptors (Lipinski definition) is 5. The Bertz CT molecular complexity index is 1560. The van der Waals surface area contributed by atoms with Crippen molar-refractivity contribution in [2.24, 2.45) is 0 Å². The van der Waals surface area contributed by atoms with Gasteiger partial charge in [-0.1, -0.05) is 91.0 Å². The lowest BCUT2D eigenvalue weighted by Gasteiger charge is -2.46. The maximum atomic E-state index is 6.05. The Kier molecular flexibility index (Phi) is 11.1. The van der Waals surface area contributed by atoms with Gasteiger partial charge in [0, 0.05) is 56.2 Å². The molecule has 5 nitrogen and oxygen atoms in total. The lowest BCUT2D eigenvalue weighted by Crippen LogP contribution is -2.53. The number of anilines is 2. The van der Waals surface area contributed by atoms with E-state index in [0.29, 0.717) is 25.3 Å². The van der Waals surface area contributed by atoms with E-state index >= 15 is 0 Å². The van der Waals surface area contributed by atoms with Crippen molar-refractivity contribution in [3.05, 3.63) is 156 Å². The fourth-order valence-electron chi connectivity index (χ4n) is 7.47. The van der Waals surface area contributed by atoms with Gasteiger partial charge >= 0.3 is 0 Å². The van der Waals surface area contributed by atoms with E-state index in [1.54, 1.807) is 0 Å². The molecular weight excluding hydrogens is 603 g/mol. The van der Waals surface area contributed by atoms with E-state index in [1.807, 2.05) is 12.1 Å². The standard InChI is InChI=1S/C44H49N3O2/c1-4-10-36(11-5-1)24-33-47(41-25-29-45(30-26-41)39-16-20-43(21-17-39)48-34-37-12-6-2-7-13-37)42-27-31-46(32-28-42)40-18-22-44(23-19-40)49-35-38-14-8-3-9-15-38/h1-23,41-42H,24-35H2. The third-order valence-corrected chi connectivity index (χ3v) is 10.3. The minimum absolute atomic E-state index is 0.597. The Balaban J connectivity index is 0.931. The van der Waals surface area contributed by atoms with Gasteiger partial charge in [-0.15, -0.1) is 0 Å². The van der Waals surface area contributed by atoms with E-state index in [2.05, 4.69) is 142 Å². The highest BCUT2D eigenvalue weighted by Crippen LogP contribution is 2.30. The van der Waals surface area contributed by atoms with E-state index in [4.69, 9.17) is 9.47 Å². The van der Waals surface area contributed by atoms with Gasteiger partial charge in [-0.05, 0) is 97.3 Å². The Hall–Kier alpha value is -4.74. The van der Waals surface area contributed by atoms with Crippen LogP contribution < -0.4 is 19.3 Å². The van der Waals surface area contributed by atoms with E-state index < -0.39 is 0 Å². The van der Waals surface area contributed by atoms with Crippen molar-refractivity contribution in [2.75, 3.05) is 42.5 Å². The summed E-state index contributed by atoms with van der Waals surface area (Å²) in [4.78, 5) is 8.01. The first-order valence-electron chi connectivity index (χ1n) is 18.1. The minimum Gasteiger partial charge on any atom is -0.489 e. The SMILES string of the molecule is c1ccc(CCN(C2CCN(c3ccc(OCc4ccccc4)cc3)CC2)C2CCN(c3ccc(OCc4ccccc4)cc3)CC2)cc1. The average Bonchev–Trinajstić information content (AvgIpc) is 3.18. The van der Waals surface area contributed by atoms with Crippen LogP contribution in [0.5, 0.6) is 11.5 Å². The van der Waals surface area contributed by atoms with Gasteiger partial charge in [0.1, 0.15) is 24.7 Å². The third-order valence-electron chi connectivity index (χ3n) is 10.3. The van der Waals surface area contributed by atoms with E-state index in [1.165, 1.54) is 53.7 Å². The van der Waals surface area contributed by atoms with Crippen LogP contribution in [0.25, 0.3) is 0 Å². The molecule has 2 saturated heterocycles. The second-order valence-electron chi connectivity index (χ2n) is 13.4. The molecule has 2 aliphatic rings. The van der Waals surface area contributed by atoms with Gasteiger partial charge < -0.3 is 19.3 Å². The van der Waals surface area contributed by atoms with E-state index in [-0.39, 0.29) is 0 Å². The Morgan fingerprint density at radius 3 is 1.20 bits per heavy atom. The molecule has 0 unspecified atom stereocenters. The molecule has 2 fully saturated rings. The summed E-state index contributed by atoms with van der Waals surface area (Å²) in [5, 5.41) is 0. The molecule has 5 aromatic carbocycles. The van der Waals surface area contributed by atoms with Gasteiger partial charge in [0.25, 0.3) is 0 Å². The first kappa shape index (κ1) is 32.8. The smallest absolute Gasteiger partial charge is 0.119 e. The van der Waals surface area contributed by atoms with Gasteiger partial charge in [-0.25, -0.2) is 0 Å². The summed E-state index contributed by atoms with van der Waals surface area (Å²) < 4.78 is 12.1. The number of piperidine rings is 2. The van der Waals surface area contributed by atoms with Crippen molar-refractivity contribution in [2.45, 2.75) is 57.4 Å². The largest absolute Gasteiger partial charge is 0.489 e. The van der Waals surface area contributed by atoms with Crippen molar-refractivity contribution in [3.63, 3.8) is 0 Å². The molecule has 252 valence electrons. The van der Waals surface area contributed by atoms with Crippen LogP contribution >= 0.6 is 0 Å². The van der Waals surface area contributed by atoms with Gasteiger partial charge in [0.05, 0.1) is 0 Å². The van der Waals surface area contributed by atoms with Gasteiger partial charge in [-0.2, -0.15) is 0 Å². The van der Waals surface area contributed by atoms with Gasteiger partial charge in [0.15, 0.2) is 0 Å². The summed E-state index contributed by atoms with van der Waals surface area (Å²) in [5.74, 6) is 1.85. The molecule has 0 aliphatic carbocycles. The first-order valence-corrected chi connectivity index (χ1v) is 18.1. The lowest BCUT2D eigenvalue weighted by molar-refractivity contribution is 0.0978. The Labute approximate surface area is 292 Å². The molecule has 2 aliphatic heterocycles. The molecule has 7 rings (SSSR count). The monoisotopic (exact) mass is 651 g/mol. The van der Waals surface area contributed by atoms with Crippen LogP contribution in [0.3, 0.4) is 0 Å². The van der Waals surface area contributed by atoms with Crippen LogP contribution in [-0.4, -0.2) is 49.7 Å². The molecule has 2 heterocycles. The van der Waals surface area contributed by atoms with Gasteiger partial charge in [-0.3, -0.25) is 4.90 Å². The molecule has 0 bridgehead atoms. The number of ether oxygens (including phenoxy) is 2. The Morgan fingerprint density at radius 1 is 0.449 bits per heavy atom. The first-order chi connectivity index (χ1) is 24.3. The van der Waals surface area contributed by atoms with Crippen LogP contribution in [0, 0.1) is 0 Å². The maximum Gasteiger partial charge on any atom is 0.119 e. The number of rotatable bonds is 13. The molecule has 0 aromatic heterocycles. The van der Waals surface area contributed by atoms with Crippen LogP contribution in [0.4, 0.5) is 11.4 Å². The molecular formula is C44H49N3O2. The van der Waals surface area contributed by atoms with Crippen LogP contribution in [0.15, 0.2) is 140 Å². The highest BCUT2D eigenvalue weighted by atomic mass is 16.5. The molecule has 0 N–H and O–H groups in total. The van der Waals surface area contributed by atoms with Crippen LogP contribution in [0.1, 0.15) is 42.4 Å². The molecule has 49 heavy (non-hydrogen) atoms. The molecule has 5 heteroatoms. The summed E-state index contributed by atoms with van der Waals surface area (Å²) in [6.07, 6.45) is 5.91. The second-order valence-corrected chi connectivity index (χ2v) is 13.4. The predicted molar refractivity (Wildman–Crippen MR) is 202 cm³/mol. The van der Waals surface area contributed by atoms with Crippen LogP contribution in [-0.2, 0) is 19.6 Å². The highest BCUT2D eigenvalue weighted by Gasteiger charge is 2.32. The molecule has 0 amide bonds. The summed E-state index contributed by atoms with van der Waals surface area (Å²) in [5.41, 5.74) is 6.41. The summed E-state index contributed by atoms with van der Waals surface area (Å²) >= 11 is 0. The number of nitrogens with zero attached hydrogens (tertiary/aromatic N) is 3. The number of hydrogen-bond donors (Lipinski definition) is 0. The number of benzene rings is 5. The second kappa shape index (κ2) is 16.6. The molecule has 0 atom stereocenters. The van der Waals surface area contributed by atoms with Crippen LogP contribution in [0.2, 0.25) is 0 Å². The molecule has 0 radical (unpaired) electrons. The molecule has 0 spiro atoms.